The maximum absolute atomic E-state index is 16.2. The van der Waals surface area contributed by atoms with Crippen molar-refractivity contribution in [3.8, 4) is 11.3 Å². The fourth-order valence-electron chi connectivity index (χ4n) is 7.39. The van der Waals surface area contributed by atoms with Gasteiger partial charge in [-0.25, -0.2) is 27.7 Å². The fraction of sp³-hybridized carbons (Fsp3) is 0.489. The second-order valence-electron chi connectivity index (χ2n) is 17.3. The van der Waals surface area contributed by atoms with Gasteiger partial charge < -0.3 is 38.6 Å². The summed E-state index contributed by atoms with van der Waals surface area (Å²) in [5, 5.41) is 2.57. The molecular weight excluding hydrogens is 842 g/mol. The number of benzene rings is 2. The molecule has 5 amide bonds. The zero-order chi connectivity index (χ0) is 46.9. The summed E-state index contributed by atoms with van der Waals surface area (Å²) in [6, 6.07) is 10.7. The average molecular weight is 897 g/mol. The molecule has 1 saturated heterocycles. The minimum Gasteiger partial charge on any atom is -0.453 e. The Bertz CT molecular complexity index is 2190. The van der Waals surface area contributed by atoms with E-state index in [1.165, 1.54) is 22.9 Å². The summed E-state index contributed by atoms with van der Waals surface area (Å²) in [6.45, 7) is 9.70. The number of nitrogens with zero attached hydrogens (tertiary/aromatic N) is 5. The van der Waals surface area contributed by atoms with Crippen molar-refractivity contribution in [2.45, 2.75) is 78.9 Å². The van der Waals surface area contributed by atoms with Crippen LogP contribution in [0.3, 0.4) is 0 Å². The first-order valence-corrected chi connectivity index (χ1v) is 20.8. The third-order valence-corrected chi connectivity index (χ3v) is 10.4. The molecule has 2 aliphatic heterocycles. The molecule has 5 rings (SSSR count). The highest BCUT2D eigenvalue weighted by molar-refractivity contribution is 6.12. The number of nitrogens with one attached hydrogen (secondary N) is 1. The van der Waals surface area contributed by atoms with Gasteiger partial charge in [0, 0.05) is 68.3 Å². The van der Waals surface area contributed by atoms with Crippen LogP contribution in [0.5, 0.6) is 0 Å². The maximum atomic E-state index is 16.2. The van der Waals surface area contributed by atoms with Crippen LogP contribution in [-0.4, -0.2) is 131 Å². The number of rotatable bonds is 18. The van der Waals surface area contributed by atoms with E-state index in [-0.39, 0.29) is 69.6 Å². The highest BCUT2D eigenvalue weighted by atomic mass is 19.1. The van der Waals surface area contributed by atoms with E-state index < -0.39 is 89.4 Å². The lowest BCUT2D eigenvalue weighted by Crippen LogP contribution is -2.51. The van der Waals surface area contributed by atoms with E-state index in [1.807, 2.05) is 18.2 Å². The van der Waals surface area contributed by atoms with Crippen molar-refractivity contribution in [2.24, 2.45) is 11.3 Å². The standard InChI is InChI=1S/C45H55F3N6O10/c1-28(63-29(2)55)41(58)54(24-31-23-52(25-35(31)48)43(60)64-44(3,4)5)39(45(6,7)27-62-42(59)49-17-19-61-20-18-53-37(56)15-16-38(53)57)40-50-36(33-21-32(46)13-14-34(33)47)26-51(40)22-30-11-9-8-10-12-30/h8-16,21,26,28,31,35,39H,17-20,22-25,27H2,1-7H3,(H,49,59). The monoisotopic (exact) mass is 896 g/mol. The molecule has 19 heteroatoms. The minimum atomic E-state index is -1.64. The number of likely N-dealkylation sites (tertiary alicyclic amines) is 1. The Balaban J connectivity index is 1.51. The van der Waals surface area contributed by atoms with Gasteiger partial charge in [0.2, 0.25) is 0 Å². The molecule has 2 aliphatic rings. The lowest BCUT2D eigenvalue weighted by molar-refractivity contribution is -0.161. The number of carbonyl (C=O) groups is 6. The summed E-state index contributed by atoms with van der Waals surface area (Å²) < 4.78 is 70.0. The number of alkyl halides is 1. The molecule has 3 aromatic rings. The molecule has 0 bridgehead atoms. The first kappa shape index (κ1) is 48.8. The van der Waals surface area contributed by atoms with Crippen molar-refractivity contribution in [2.75, 3.05) is 52.5 Å². The van der Waals surface area contributed by atoms with Gasteiger partial charge in [0.1, 0.15) is 35.8 Å². The van der Waals surface area contributed by atoms with E-state index in [4.69, 9.17) is 23.9 Å². The van der Waals surface area contributed by atoms with Crippen LogP contribution in [0.1, 0.15) is 65.9 Å². The molecule has 346 valence electrons. The van der Waals surface area contributed by atoms with Gasteiger partial charge in [-0.1, -0.05) is 44.2 Å². The van der Waals surface area contributed by atoms with Crippen LogP contribution < -0.4 is 5.32 Å². The summed E-state index contributed by atoms with van der Waals surface area (Å²) in [5.41, 5.74) is -1.64. The van der Waals surface area contributed by atoms with Gasteiger partial charge in [-0.05, 0) is 51.5 Å². The summed E-state index contributed by atoms with van der Waals surface area (Å²) in [4.78, 5) is 85.2. The molecule has 1 N–H and O–H groups in total. The number of hydrogen-bond donors (Lipinski definition) is 1. The Morgan fingerprint density at radius 2 is 1.66 bits per heavy atom. The lowest BCUT2D eigenvalue weighted by Gasteiger charge is -2.43. The van der Waals surface area contributed by atoms with Crippen LogP contribution in [0.2, 0.25) is 0 Å². The van der Waals surface area contributed by atoms with Crippen molar-refractivity contribution in [3.63, 3.8) is 0 Å². The van der Waals surface area contributed by atoms with Crippen molar-refractivity contribution in [1.82, 2.24) is 29.6 Å². The van der Waals surface area contributed by atoms with E-state index >= 15 is 8.78 Å². The molecule has 4 unspecified atom stereocenters. The van der Waals surface area contributed by atoms with E-state index in [2.05, 4.69) is 5.32 Å². The molecule has 1 fully saturated rings. The second-order valence-corrected chi connectivity index (χ2v) is 17.3. The number of alkyl carbamates (subject to hydrolysis) is 1. The molecule has 16 nitrogen and oxygen atoms in total. The average Bonchev–Trinajstić information content (AvgIpc) is 3.90. The first-order chi connectivity index (χ1) is 30.1. The molecule has 0 aliphatic carbocycles. The van der Waals surface area contributed by atoms with Crippen LogP contribution in [0.15, 0.2) is 66.9 Å². The van der Waals surface area contributed by atoms with Gasteiger partial charge in [0.15, 0.2) is 6.10 Å². The van der Waals surface area contributed by atoms with Gasteiger partial charge in [-0.3, -0.25) is 24.1 Å². The summed E-state index contributed by atoms with van der Waals surface area (Å²) in [7, 11) is 0. The number of amides is 5. The van der Waals surface area contributed by atoms with Crippen LogP contribution in [0.4, 0.5) is 22.8 Å². The quantitative estimate of drug-likeness (QED) is 0.0728. The van der Waals surface area contributed by atoms with Gasteiger partial charge in [0.05, 0.1) is 38.0 Å². The predicted octanol–water partition coefficient (Wildman–Crippen LogP) is 5.60. The first-order valence-electron chi connectivity index (χ1n) is 20.8. The third-order valence-electron chi connectivity index (χ3n) is 10.4. The highest BCUT2D eigenvalue weighted by Crippen LogP contribution is 2.42. The van der Waals surface area contributed by atoms with E-state index in [9.17, 15) is 33.2 Å². The molecule has 3 heterocycles. The van der Waals surface area contributed by atoms with Crippen molar-refractivity contribution >= 4 is 35.9 Å². The number of carbonyl (C=O) groups excluding carboxylic acids is 6. The number of halogens is 3. The molecule has 0 spiro atoms. The van der Waals surface area contributed by atoms with Crippen LogP contribution in [0, 0.1) is 23.0 Å². The number of aromatic nitrogens is 2. The van der Waals surface area contributed by atoms with Crippen molar-refractivity contribution in [3.05, 3.63) is 89.9 Å². The van der Waals surface area contributed by atoms with E-state index in [1.54, 1.807) is 51.3 Å². The molecular formula is C45H55F3N6O10. The van der Waals surface area contributed by atoms with Gasteiger partial charge in [-0.15, -0.1) is 0 Å². The number of hydrogen-bond acceptors (Lipinski definition) is 11. The highest BCUT2D eigenvalue weighted by Gasteiger charge is 2.47. The Hall–Kier alpha value is -6.24. The SMILES string of the molecule is CC(=O)OC(C)C(=O)N(CC1CN(C(=O)OC(C)(C)C)CC1F)C(c1nc(-c2cc(F)ccc2F)cn1Cc1ccccc1)C(C)(C)COC(=O)NCCOCCN1C(=O)C=CC1=O. The molecule has 2 aromatic carbocycles. The Labute approximate surface area is 369 Å². The molecule has 64 heavy (non-hydrogen) atoms. The zero-order valence-corrected chi connectivity index (χ0v) is 37.0. The molecule has 0 radical (unpaired) electrons. The van der Waals surface area contributed by atoms with Crippen LogP contribution in [-0.2, 0) is 44.7 Å². The summed E-state index contributed by atoms with van der Waals surface area (Å²) in [5.74, 6) is -4.86. The van der Waals surface area contributed by atoms with Crippen molar-refractivity contribution in [1.29, 1.82) is 0 Å². The Kier molecular flexibility index (Phi) is 16.0. The van der Waals surface area contributed by atoms with Crippen molar-refractivity contribution < 1.29 is 60.9 Å². The van der Waals surface area contributed by atoms with E-state index in [0.29, 0.717) is 0 Å². The van der Waals surface area contributed by atoms with Crippen LogP contribution in [0.25, 0.3) is 11.3 Å². The largest absolute Gasteiger partial charge is 0.453 e. The summed E-state index contributed by atoms with van der Waals surface area (Å²) >= 11 is 0. The summed E-state index contributed by atoms with van der Waals surface area (Å²) in [6.07, 6.45) is -0.870. The normalized spacial score (nSPS) is 17.3. The third kappa shape index (κ3) is 12.9. The number of ether oxygens (including phenoxy) is 4. The molecule has 1 aromatic heterocycles. The predicted molar refractivity (Wildman–Crippen MR) is 225 cm³/mol. The van der Waals surface area contributed by atoms with Gasteiger partial charge in [0.25, 0.3) is 17.7 Å². The van der Waals surface area contributed by atoms with Crippen LogP contribution >= 0.6 is 0 Å². The molecule has 0 saturated carbocycles. The molecule has 4 atom stereocenters. The second kappa shape index (κ2) is 21.0. The number of esters is 1. The number of imidazole rings is 1. The fourth-order valence-corrected chi connectivity index (χ4v) is 7.39. The van der Waals surface area contributed by atoms with Gasteiger partial charge >= 0.3 is 18.2 Å². The van der Waals surface area contributed by atoms with E-state index in [0.717, 1.165) is 47.7 Å². The minimum absolute atomic E-state index is 0.00196. The number of imide groups is 1. The maximum Gasteiger partial charge on any atom is 0.410 e. The topological polar surface area (TPSA) is 179 Å². The lowest BCUT2D eigenvalue weighted by atomic mass is 9.82. The Morgan fingerprint density at radius 3 is 2.31 bits per heavy atom. The van der Waals surface area contributed by atoms with Gasteiger partial charge in [-0.2, -0.15) is 0 Å². The Morgan fingerprint density at radius 1 is 0.969 bits per heavy atom. The smallest absolute Gasteiger partial charge is 0.410 e. The zero-order valence-electron chi connectivity index (χ0n) is 37.0.